The molecule has 1 saturated heterocycles. The van der Waals surface area contributed by atoms with E-state index in [1.165, 1.54) is 18.2 Å². The monoisotopic (exact) mass is 446 g/mol. The summed E-state index contributed by atoms with van der Waals surface area (Å²) in [5.41, 5.74) is 2.51. The molecule has 4 aromatic rings. The molecular weight excluding hydrogens is 426 g/mol. The average Bonchev–Trinajstić information content (AvgIpc) is 3.47. The molecule has 0 bridgehead atoms. The van der Waals surface area contributed by atoms with Crippen LogP contribution >= 0.6 is 0 Å². The van der Waals surface area contributed by atoms with E-state index in [1.807, 2.05) is 22.9 Å². The van der Waals surface area contributed by atoms with E-state index in [4.69, 9.17) is 9.84 Å². The van der Waals surface area contributed by atoms with Gasteiger partial charge in [-0.2, -0.15) is 9.49 Å². The Bertz CT molecular complexity index is 1350. The van der Waals surface area contributed by atoms with E-state index in [-0.39, 0.29) is 17.7 Å². The Labute approximate surface area is 188 Å². The van der Waals surface area contributed by atoms with Crippen LogP contribution in [0.5, 0.6) is 11.5 Å². The standard InChI is InChI=1S/C25H20F2N4O2/c1-2-23(32)30-13-11-17(15-30)31-21-10-12-28-14-19(21)25(29-31)16-6-8-18(9-7-16)33-22-5-3-4-20(26)24(22)27/h2-10,12,14,17H,1,11,13,15H2/t17-/m1/s1. The molecule has 0 saturated carbocycles. The van der Waals surface area contributed by atoms with Crippen LogP contribution in [0.3, 0.4) is 0 Å². The lowest BCUT2D eigenvalue weighted by Crippen LogP contribution is -2.27. The number of fused-ring (bicyclic) bond motifs is 1. The predicted octanol–water partition coefficient (Wildman–Crippen LogP) is 5.13. The van der Waals surface area contributed by atoms with Gasteiger partial charge in [-0.3, -0.25) is 14.5 Å². The van der Waals surface area contributed by atoms with E-state index in [9.17, 15) is 13.6 Å². The molecule has 0 N–H and O–H groups in total. The topological polar surface area (TPSA) is 60.2 Å². The van der Waals surface area contributed by atoms with Crippen molar-refractivity contribution >= 4 is 16.8 Å². The first-order valence-corrected chi connectivity index (χ1v) is 10.5. The maximum atomic E-state index is 13.9. The van der Waals surface area contributed by atoms with Gasteiger partial charge in [0, 0.05) is 36.4 Å². The van der Waals surface area contributed by atoms with E-state index >= 15 is 0 Å². The average molecular weight is 446 g/mol. The van der Waals surface area contributed by atoms with Crippen molar-refractivity contribution in [2.45, 2.75) is 12.5 Å². The number of rotatable bonds is 5. The Morgan fingerprint density at radius 3 is 2.76 bits per heavy atom. The van der Waals surface area contributed by atoms with Crippen molar-refractivity contribution in [1.29, 1.82) is 0 Å². The van der Waals surface area contributed by atoms with Crippen molar-refractivity contribution in [3.8, 4) is 22.8 Å². The number of hydrogen-bond acceptors (Lipinski definition) is 4. The molecule has 33 heavy (non-hydrogen) atoms. The van der Waals surface area contributed by atoms with Crippen molar-refractivity contribution in [3.05, 3.63) is 85.2 Å². The van der Waals surface area contributed by atoms with Crippen LogP contribution in [0.4, 0.5) is 8.78 Å². The molecule has 0 aliphatic carbocycles. The van der Waals surface area contributed by atoms with Crippen molar-refractivity contribution in [3.63, 3.8) is 0 Å². The van der Waals surface area contributed by atoms with Crippen LogP contribution in [0, 0.1) is 11.6 Å². The third-order valence-electron chi connectivity index (χ3n) is 5.78. The van der Waals surface area contributed by atoms with Crippen LogP contribution in [0.25, 0.3) is 22.2 Å². The van der Waals surface area contributed by atoms with Gasteiger partial charge in [0.15, 0.2) is 11.6 Å². The lowest BCUT2D eigenvalue weighted by Gasteiger charge is -2.15. The van der Waals surface area contributed by atoms with E-state index in [0.717, 1.165) is 34.6 Å². The summed E-state index contributed by atoms with van der Waals surface area (Å²) >= 11 is 0. The summed E-state index contributed by atoms with van der Waals surface area (Å²) in [4.78, 5) is 18.0. The molecule has 166 valence electrons. The minimum atomic E-state index is -1.03. The fourth-order valence-corrected chi connectivity index (χ4v) is 4.12. The number of nitrogens with zero attached hydrogens (tertiary/aromatic N) is 4. The summed E-state index contributed by atoms with van der Waals surface area (Å²) in [5.74, 6) is -1.88. The Kier molecular flexibility index (Phi) is 5.34. The van der Waals surface area contributed by atoms with Gasteiger partial charge in [0.2, 0.25) is 11.7 Å². The van der Waals surface area contributed by atoms with Gasteiger partial charge in [0.25, 0.3) is 0 Å². The quantitative estimate of drug-likeness (QED) is 0.399. The largest absolute Gasteiger partial charge is 0.454 e. The fourth-order valence-electron chi connectivity index (χ4n) is 4.12. The van der Waals surface area contributed by atoms with Crippen molar-refractivity contribution in [2.24, 2.45) is 0 Å². The van der Waals surface area contributed by atoms with Crippen LogP contribution in [0.1, 0.15) is 12.5 Å². The highest BCUT2D eigenvalue weighted by Crippen LogP contribution is 2.34. The first-order valence-electron chi connectivity index (χ1n) is 10.5. The number of carbonyl (C=O) groups is 1. The molecule has 1 aliphatic heterocycles. The smallest absolute Gasteiger partial charge is 0.246 e. The minimum Gasteiger partial charge on any atom is -0.454 e. The molecule has 6 nitrogen and oxygen atoms in total. The molecule has 2 aromatic carbocycles. The van der Waals surface area contributed by atoms with Gasteiger partial charge >= 0.3 is 0 Å². The number of ether oxygens (including phenoxy) is 1. The van der Waals surface area contributed by atoms with E-state index in [0.29, 0.717) is 18.8 Å². The lowest BCUT2D eigenvalue weighted by molar-refractivity contribution is -0.125. The van der Waals surface area contributed by atoms with Crippen LogP contribution < -0.4 is 4.74 Å². The van der Waals surface area contributed by atoms with Crippen molar-refractivity contribution in [1.82, 2.24) is 19.7 Å². The normalized spacial score (nSPS) is 15.7. The second-order valence-electron chi connectivity index (χ2n) is 7.80. The molecule has 5 rings (SSSR count). The SMILES string of the molecule is C=CC(=O)N1CC[C@@H](n2nc(-c3ccc(Oc4cccc(F)c4F)cc3)c3cnccc32)C1. The molecule has 1 aliphatic rings. The number of benzene rings is 2. The first kappa shape index (κ1) is 20.8. The Morgan fingerprint density at radius 2 is 1.97 bits per heavy atom. The van der Waals surface area contributed by atoms with Gasteiger partial charge in [-0.25, -0.2) is 4.39 Å². The Morgan fingerprint density at radius 1 is 1.15 bits per heavy atom. The maximum absolute atomic E-state index is 13.9. The predicted molar refractivity (Wildman–Crippen MR) is 120 cm³/mol. The number of amides is 1. The van der Waals surface area contributed by atoms with E-state index in [1.54, 1.807) is 29.4 Å². The Balaban J connectivity index is 1.45. The summed E-state index contributed by atoms with van der Waals surface area (Å²) in [7, 11) is 0. The molecule has 8 heteroatoms. The number of carbonyl (C=O) groups excluding carboxylic acids is 1. The summed E-state index contributed by atoms with van der Waals surface area (Å²) in [5, 5.41) is 5.75. The summed E-state index contributed by atoms with van der Waals surface area (Å²) in [6.07, 6.45) is 5.61. The highest BCUT2D eigenvalue weighted by molar-refractivity contribution is 5.93. The van der Waals surface area contributed by atoms with Gasteiger partial charge in [-0.05, 0) is 55.0 Å². The van der Waals surface area contributed by atoms with Crippen molar-refractivity contribution in [2.75, 3.05) is 13.1 Å². The fraction of sp³-hybridized carbons (Fsp3) is 0.160. The van der Waals surface area contributed by atoms with Crippen molar-refractivity contribution < 1.29 is 18.3 Å². The molecule has 0 spiro atoms. The zero-order valence-electron chi connectivity index (χ0n) is 17.6. The molecule has 1 fully saturated rings. The molecule has 0 unspecified atom stereocenters. The lowest BCUT2D eigenvalue weighted by atomic mass is 10.1. The zero-order chi connectivity index (χ0) is 22.9. The van der Waals surface area contributed by atoms with Crippen LogP contribution in [-0.4, -0.2) is 38.7 Å². The highest BCUT2D eigenvalue weighted by Gasteiger charge is 2.28. The third-order valence-corrected chi connectivity index (χ3v) is 5.78. The van der Waals surface area contributed by atoms with Crippen LogP contribution in [0.2, 0.25) is 0 Å². The van der Waals surface area contributed by atoms with Crippen LogP contribution in [-0.2, 0) is 4.79 Å². The number of likely N-dealkylation sites (tertiary alicyclic amines) is 1. The molecule has 1 amide bonds. The summed E-state index contributed by atoms with van der Waals surface area (Å²) < 4.78 is 34.8. The second-order valence-corrected chi connectivity index (χ2v) is 7.80. The Hall–Kier alpha value is -4.07. The van der Waals surface area contributed by atoms with Gasteiger partial charge in [-0.1, -0.05) is 12.6 Å². The molecule has 3 heterocycles. The molecule has 0 radical (unpaired) electrons. The number of aromatic nitrogens is 3. The van der Waals surface area contributed by atoms with Gasteiger partial charge < -0.3 is 9.64 Å². The minimum absolute atomic E-state index is 0.0473. The van der Waals surface area contributed by atoms with Gasteiger partial charge in [-0.15, -0.1) is 0 Å². The number of pyridine rings is 1. The molecule has 2 aromatic heterocycles. The third kappa shape index (κ3) is 3.84. The maximum Gasteiger partial charge on any atom is 0.246 e. The van der Waals surface area contributed by atoms with E-state index < -0.39 is 11.6 Å². The zero-order valence-corrected chi connectivity index (χ0v) is 17.6. The summed E-state index contributed by atoms with van der Waals surface area (Å²) in [6, 6.07) is 12.7. The highest BCUT2D eigenvalue weighted by atomic mass is 19.2. The second kappa shape index (κ2) is 8.46. The van der Waals surface area contributed by atoms with Gasteiger partial charge in [0.1, 0.15) is 11.4 Å². The number of hydrogen-bond donors (Lipinski definition) is 0. The first-order chi connectivity index (χ1) is 16.0. The summed E-state index contributed by atoms with van der Waals surface area (Å²) in [6.45, 7) is 4.79. The van der Waals surface area contributed by atoms with E-state index in [2.05, 4.69) is 11.6 Å². The molecule has 1 atom stereocenters. The number of halogens is 2. The van der Waals surface area contributed by atoms with Gasteiger partial charge in [0.05, 0.1) is 11.6 Å². The van der Waals surface area contributed by atoms with Crippen LogP contribution in [0.15, 0.2) is 73.6 Å². The molecular formula is C25H20F2N4O2.